The lowest BCUT2D eigenvalue weighted by molar-refractivity contribution is 0.145. The molecule has 1 heterocycles. The van der Waals surface area contributed by atoms with E-state index in [2.05, 4.69) is 26.0 Å². The van der Waals surface area contributed by atoms with Crippen LogP contribution in [0.3, 0.4) is 0 Å². The van der Waals surface area contributed by atoms with Crippen LogP contribution in [0.15, 0.2) is 30.3 Å². The number of nitrogens with two attached hydrogens (primary N) is 1. The summed E-state index contributed by atoms with van der Waals surface area (Å²) < 4.78 is 0. The van der Waals surface area contributed by atoms with Crippen LogP contribution in [-0.4, -0.2) is 41.5 Å². The molecule has 2 rings (SSSR count). The van der Waals surface area contributed by atoms with E-state index in [1.807, 2.05) is 35.0 Å². The van der Waals surface area contributed by atoms with Crippen LogP contribution in [0.25, 0.3) is 0 Å². The van der Waals surface area contributed by atoms with Gasteiger partial charge in [-0.3, -0.25) is 0 Å². The van der Waals surface area contributed by atoms with Crippen LogP contribution >= 0.6 is 0 Å². The quantitative estimate of drug-likeness (QED) is 0.903. The number of nitrogens with zero attached hydrogens (tertiary/aromatic N) is 2. The Balaban J connectivity index is 2.22. The van der Waals surface area contributed by atoms with Crippen molar-refractivity contribution in [2.45, 2.75) is 31.8 Å². The average molecular weight is 261 g/mol. The molecule has 1 atom stereocenters. The molecule has 0 spiro atoms. The first-order valence-electron chi connectivity index (χ1n) is 6.77. The minimum absolute atomic E-state index is 0.0901. The number of likely N-dealkylation sites (N-methyl/N-ethyl adjacent to an activating group) is 1. The van der Waals surface area contributed by atoms with E-state index in [-0.39, 0.29) is 17.6 Å². The fourth-order valence-electron chi connectivity index (χ4n) is 2.70. The maximum absolute atomic E-state index is 12.4. The highest BCUT2D eigenvalue weighted by atomic mass is 16.2. The molecule has 0 radical (unpaired) electrons. The van der Waals surface area contributed by atoms with Gasteiger partial charge >= 0.3 is 6.03 Å². The van der Waals surface area contributed by atoms with E-state index in [9.17, 15) is 4.79 Å². The third kappa shape index (κ3) is 2.59. The predicted octanol–water partition coefficient (Wildman–Crippen LogP) is 2.22. The summed E-state index contributed by atoms with van der Waals surface area (Å²) >= 11 is 0. The van der Waals surface area contributed by atoms with Crippen LogP contribution in [0, 0.1) is 0 Å². The number of rotatable bonds is 4. The molecule has 4 nitrogen and oxygen atoms in total. The van der Waals surface area contributed by atoms with Gasteiger partial charge in [-0.05, 0) is 32.4 Å². The SMILES string of the molecule is CN1C(=O)N(C(C)(C)CCN)CC1c1ccccc1. The van der Waals surface area contributed by atoms with E-state index in [1.54, 1.807) is 0 Å². The van der Waals surface area contributed by atoms with E-state index in [4.69, 9.17) is 5.73 Å². The molecule has 0 saturated carbocycles. The normalized spacial score (nSPS) is 20.2. The van der Waals surface area contributed by atoms with Crippen LogP contribution in [0.1, 0.15) is 31.9 Å². The van der Waals surface area contributed by atoms with Crippen molar-refractivity contribution in [2.24, 2.45) is 5.73 Å². The first-order chi connectivity index (χ1) is 8.97. The number of carbonyl (C=O) groups is 1. The van der Waals surface area contributed by atoms with Crippen molar-refractivity contribution in [1.82, 2.24) is 9.80 Å². The average Bonchev–Trinajstić information content (AvgIpc) is 2.68. The Labute approximate surface area is 115 Å². The Morgan fingerprint density at radius 3 is 2.53 bits per heavy atom. The molecule has 0 aliphatic carbocycles. The van der Waals surface area contributed by atoms with Crippen molar-refractivity contribution in [3.05, 3.63) is 35.9 Å². The number of benzene rings is 1. The zero-order valence-electron chi connectivity index (χ0n) is 12.0. The molecule has 19 heavy (non-hydrogen) atoms. The molecule has 1 aliphatic heterocycles. The molecule has 1 fully saturated rings. The highest BCUT2D eigenvalue weighted by molar-refractivity contribution is 5.78. The molecule has 1 aliphatic rings. The Bertz CT molecular complexity index is 444. The molecule has 1 aromatic rings. The van der Waals surface area contributed by atoms with Gasteiger partial charge in [-0.25, -0.2) is 4.79 Å². The predicted molar refractivity (Wildman–Crippen MR) is 76.8 cm³/mol. The first kappa shape index (κ1) is 13.9. The largest absolute Gasteiger partial charge is 0.330 e. The summed E-state index contributed by atoms with van der Waals surface area (Å²) in [5, 5.41) is 0. The van der Waals surface area contributed by atoms with Gasteiger partial charge in [0.2, 0.25) is 0 Å². The van der Waals surface area contributed by atoms with Gasteiger partial charge in [0, 0.05) is 19.1 Å². The van der Waals surface area contributed by atoms with Crippen LogP contribution in [0.2, 0.25) is 0 Å². The van der Waals surface area contributed by atoms with Gasteiger partial charge in [0.05, 0.1) is 6.04 Å². The lowest BCUT2D eigenvalue weighted by Crippen LogP contribution is -2.47. The van der Waals surface area contributed by atoms with E-state index in [0.29, 0.717) is 6.54 Å². The lowest BCUT2D eigenvalue weighted by Gasteiger charge is -2.34. The second-order valence-corrected chi connectivity index (χ2v) is 5.78. The molecule has 0 bridgehead atoms. The minimum atomic E-state index is -0.191. The van der Waals surface area contributed by atoms with E-state index in [1.165, 1.54) is 5.56 Å². The van der Waals surface area contributed by atoms with Crippen LogP contribution in [0.5, 0.6) is 0 Å². The fourth-order valence-corrected chi connectivity index (χ4v) is 2.70. The van der Waals surface area contributed by atoms with Gasteiger partial charge < -0.3 is 15.5 Å². The molecule has 1 unspecified atom stereocenters. The summed E-state index contributed by atoms with van der Waals surface area (Å²) in [6, 6.07) is 10.4. The van der Waals surface area contributed by atoms with Gasteiger partial charge in [0.15, 0.2) is 0 Å². The molecule has 4 heteroatoms. The second-order valence-electron chi connectivity index (χ2n) is 5.78. The summed E-state index contributed by atoms with van der Waals surface area (Å²) in [4.78, 5) is 16.2. The lowest BCUT2D eigenvalue weighted by atomic mass is 9.98. The van der Waals surface area contributed by atoms with Crippen molar-refractivity contribution in [1.29, 1.82) is 0 Å². The highest BCUT2D eigenvalue weighted by Crippen LogP contribution is 2.33. The van der Waals surface area contributed by atoms with Gasteiger partial charge in [-0.15, -0.1) is 0 Å². The van der Waals surface area contributed by atoms with Crippen molar-refractivity contribution < 1.29 is 4.79 Å². The van der Waals surface area contributed by atoms with Crippen molar-refractivity contribution in [3.63, 3.8) is 0 Å². The van der Waals surface area contributed by atoms with E-state index < -0.39 is 0 Å². The highest BCUT2D eigenvalue weighted by Gasteiger charge is 2.42. The summed E-state index contributed by atoms with van der Waals surface area (Å²) in [6.07, 6.45) is 0.814. The number of hydrogen-bond acceptors (Lipinski definition) is 2. The second kappa shape index (κ2) is 5.21. The zero-order valence-corrected chi connectivity index (χ0v) is 12.0. The monoisotopic (exact) mass is 261 g/mol. The fraction of sp³-hybridized carbons (Fsp3) is 0.533. The summed E-state index contributed by atoms with van der Waals surface area (Å²) in [7, 11) is 1.87. The molecule has 1 saturated heterocycles. The topological polar surface area (TPSA) is 49.6 Å². The number of urea groups is 1. The Hall–Kier alpha value is -1.55. The zero-order chi connectivity index (χ0) is 14.0. The van der Waals surface area contributed by atoms with Crippen LogP contribution in [-0.2, 0) is 0 Å². The van der Waals surface area contributed by atoms with Crippen molar-refractivity contribution in [3.8, 4) is 0 Å². The number of amides is 2. The Morgan fingerprint density at radius 2 is 1.95 bits per heavy atom. The first-order valence-corrected chi connectivity index (χ1v) is 6.77. The molecular formula is C15H23N3O. The molecule has 2 N–H and O–H groups in total. The molecule has 104 valence electrons. The Kier molecular flexibility index (Phi) is 3.80. The third-order valence-electron chi connectivity index (χ3n) is 4.03. The minimum Gasteiger partial charge on any atom is -0.330 e. The van der Waals surface area contributed by atoms with E-state index >= 15 is 0 Å². The third-order valence-corrected chi connectivity index (χ3v) is 4.03. The van der Waals surface area contributed by atoms with Crippen LogP contribution < -0.4 is 5.73 Å². The maximum atomic E-state index is 12.4. The summed E-state index contributed by atoms with van der Waals surface area (Å²) in [5.41, 5.74) is 6.65. The van der Waals surface area contributed by atoms with Gasteiger partial charge in [0.25, 0.3) is 0 Å². The maximum Gasteiger partial charge on any atom is 0.320 e. The molecule has 1 aromatic carbocycles. The van der Waals surface area contributed by atoms with Crippen molar-refractivity contribution >= 4 is 6.03 Å². The van der Waals surface area contributed by atoms with Gasteiger partial charge in [-0.2, -0.15) is 0 Å². The number of hydrogen-bond donors (Lipinski definition) is 1. The molecule has 2 amide bonds. The van der Waals surface area contributed by atoms with E-state index in [0.717, 1.165) is 13.0 Å². The summed E-state index contributed by atoms with van der Waals surface area (Å²) in [5.74, 6) is 0. The van der Waals surface area contributed by atoms with Crippen LogP contribution in [0.4, 0.5) is 4.79 Å². The van der Waals surface area contributed by atoms with Gasteiger partial charge in [0.1, 0.15) is 0 Å². The summed E-state index contributed by atoms with van der Waals surface area (Å²) in [6.45, 7) is 5.49. The Morgan fingerprint density at radius 1 is 1.32 bits per heavy atom. The molecular weight excluding hydrogens is 238 g/mol. The smallest absolute Gasteiger partial charge is 0.320 e. The van der Waals surface area contributed by atoms with Gasteiger partial charge in [-0.1, -0.05) is 30.3 Å². The number of carbonyl (C=O) groups excluding carboxylic acids is 1. The standard InChI is InChI=1S/C15H23N3O/c1-15(2,9-10-16)18-11-13(17(3)14(18)19)12-7-5-4-6-8-12/h4-8,13H,9-11,16H2,1-3H3. The molecule has 0 aromatic heterocycles. The van der Waals surface area contributed by atoms with Crippen molar-refractivity contribution in [2.75, 3.05) is 20.1 Å².